The molecular weight excluding hydrogens is 408 g/mol. The van der Waals surface area contributed by atoms with Crippen LogP contribution in [0.1, 0.15) is 47.1 Å². The normalized spacial score (nSPS) is 20.1. The van der Waals surface area contributed by atoms with Gasteiger partial charge in [-0.15, -0.1) is 11.8 Å². The summed E-state index contributed by atoms with van der Waals surface area (Å²) in [5.41, 5.74) is 3.16. The van der Waals surface area contributed by atoms with Crippen molar-refractivity contribution in [1.29, 1.82) is 0 Å². The quantitative estimate of drug-likeness (QED) is 0.652. The lowest BCUT2D eigenvalue weighted by Crippen LogP contribution is -2.52. The molecule has 5 rings (SSSR count). The highest BCUT2D eigenvalue weighted by atomic mass is 32.2. The molecule has 0 aliphatic carbocycles. The number of ketones is 1. The second kappa shape index (κ2) is 7.61. The first-order valence-corrected chi connectivity index (χ1v) is 11.5. The van der Waals surface area contributed by atoms with Crippen LogP contribution in [0.5, 0.6) is 5.75 Å². The zero-order valence-corrected chi connectivity index (χ0v) is 18.3. The van der Waals surface area contributed by atoms with Crippen LogP contribution in [-0.4, -0.2) is 22.1 Å². The van der Waals surface area contributed by atoms with Crippen LogP contribution >= 0.6 is 11.8 Å². The number of carbonyl (C=O) groups excluding carboxylic acids is 1. The Balaban J connectivity index is 1.79. The largest absolute Gasteiger partial charge is 0.503 e. The van der Waals surface area contributed by atoms with Crippen molar-refractivity contribution in [3.63, 3.8) is 0 Å². The lowest BCUT2D eigenvalue weighted by atomic mass is 9.86. The second-order valence-corrected chi connectivity index (χ2v) is 9.50. The van der Waals surface area contributed by atoms with Crippen molar-refractivity contribution in [2.24, 2.45) is 11.8 Å². The Morgan fingerprint density at radius 2 is 1.71 bits per heavy atom. The Hall–Kier alpha value is -2.99. The number of aromatic nitrogens is 1. The van der Waals surface area contributed by atoms with E-state index in [0.29, 0.717) is 6.54 Å². The van der Waals surface area contributed by atoms with Gasteiger partial charge in [-0.25, -0.2) is 0 Å². The van der Waals surface area contributed by atoms with Crippen molar-refractivity contribution in [1.82, 2.24) is 4.68 Å². The number of rotatable bonds is 2. The van der Waals surface area contributed by atoms with Crippen LogP contribution in [0.4, 0.5) is 0 Å². The average Bonchev–Trinajstić information content (AvgIpc) is 2.93. The van der Waals surface area contributed by atoms with Gasteiger partial charge in [0, 0.05) is 35.4 Å². The van der Waals surface area contributed by atoms with E-state index in [4.69, 9.17) is 0 Å². The number of nitrogens with zero attached hydrogens (tertiary/aromatic N) is 2. The highest BCUT2D eigenvalue weighted by molar-refractivity contribution is 7.98. The van der Waals surface area contributed by atoms with E-state index in [1.165, 1.54) is 27.7 Å². The molecule has 3 heterocycles. The van der Waals surface area contributed by atoms with Gasteiger partial charge in [0.25, 0.3) is 0 Å². The maximum atomic E-state index is 13.3. The van der Waals surface area contributed by atoms with Crippen molar-refractivity contribution < 1.29 is 9.90 Å². The lowest BCUT2D eigenvalue weighted by molar-refractivity contribution is 0.0840. The van der Waals surface area contributed by atoms with E-state index >= 15 is 0 Å². The molecule has 2 aliphatic heterocycles. The molecule has 0 radical (unpaired) electrons. The molecule has 1 aromatic heterocycles. The summed E-state index contributed by atoms with van der Waals surface area (Å²) in [5, 5.41) is 12.7. The van der Waals surface area contributed by atoms with Gasteiger partial charge in [-0.3, -0.25) is 19.3 Å². The van der Waals surface area contributed by atoms with E-state index in [2.05, 4.69) is 35.3 Å². The van der Waals surface area contributed by atoms with Crippen LogP contribution in [0.25, 0.3) is 0 Å². The van der Waals surface area contributed by atoms with Crippen molar-refractivity contribution in [3.8, 4) is 5.75 Å². The molecule has 158 valence electrons. The topological polar surface area (TPSA) is 62.5 Å². The van der Waals surface area contributed by atoms with Crippen LogP contribution in [0.3, 0.4) is 0 Å². The molecule has 0 saturated carbocycles. The Morgan fingerprint density at radius 1 is 1.00 bits per heavy atom. The third-order valence-electron chi connectivity index (χ3n) is 6.33. The van der Waals surface area contributed by atoms with Crippen molar-refractivity contribution in [2.45, 2.75) is 30.5 Å². The minimum atomic E-state index is -0.527. The van der Waals surface area contributed by atoms with Gasteiger partial charge >= 0.3 is 0 Å². The molecule has 0 spiro atoms. The average molecular weight is 433 g/mol. The summed E-state index contributed by atoms with van der Waals surface area (Å²) in [7, 11) is 0. The van der Waals surface area contributed by atoms with E-state index in [-0.39, 0.29) is 29.4 Å². The van der Waals surface area contributed by atoms with Crippen LogP contribution in [-0.2, 0) is 5.75 Å². The van der Waals surface area contributed by atoms with Crippen molar-refractivity contribution in [3.05, 3.63) is 93.4 Å². The summed E-state index contributed by atoms with van der Waals surface area (Å²) >= 11 is 1.81. The zero-order chi connectivity index (χ0) is 21.7. The molecule has 2 unspecified atom stereocenters. The van der Waals surface area contributed by atoms with E-state index in [1.807, 2.05) is 43.8 Å². The molecular formula is C25H24N2O3S. The number of Topliss-reactive ketones (excluding diaryl/α,β-unsaturated/α-hetero) is 1. The zero-order valence-electron chi connectivity index (χ0n) is 17.5. The maximum Gasteiger partial charge on any atom is 0.224 e. The number of benzene rings is 2. The van der Waals surface area contributed by atoms with E-state index in [0.717, 1.165) is 5.75 Å². The molecule has 31 heavy (non-hydrogen) atoms. The van der Waals surface area contributed by atoms with E-state index in [1.54, 1.807) is 10.9 Å². The number of hydrogen-bond acceptors (Lipinski definition) is 5. The lowest BCUT2D eigenvalue weighted by Gasteiger charge is -2.43. The van der Waals surface area contributed by atoms with Crippen molar-refractivity contribution >= 4 is 17.5 Å². The monoisotopic (exact) mass is 432 g/mol. The molecule has 1 N–H and O–H groups in total. The highest BCUT2D eigenvalue weighted by Gasteiger charge is 2.40. The molecule has 5 nitrogen and oxygen atoms in total. The summed E-state index contributed by atoms with van der Waals surface area (Å²) in [6.45, 7) is 4.53. The fourth-order valence-corrected chi connectivity index (χ4v) is 5.76. The Labute approximate surface area is 185 Å². The molecule has 0 amide bonds. The van der Waals surface area contributed by atoms with Crippen molar-refractivity contribution in [2.75, 3.05) is 11.6 Å². The number of fused-ring (bicyclic) bond motifs is 3. The predicted octanol–water partition coefficient (Wildman–Crippen LogP) is 4.36. The van der Waals surface area contributed by atoms with Gasteiger partial charge in [-0.2, -0.15) is 0 Å². The summed E-state index contributed by atoms with van der Waals surface area (Å²) in [4.78, 5) is 26.7. The molecule has 0 fully saturated rings. The first-order valence-electron chi connectivity index (χ1n) is 10.5. The smallest absolute Gasteiger partial charge is 0.224 e. The van der Waals surface area contributed by atoms with Crippen LogP contribution in [0.2, 0.25) is 0 Å². The molecule has 6 heteroatoms. The van der Waals surface area contributed by atoms with E-state index < -0.39 is 11.2 Å². The minimum Gasteiger partial charge on any atom is -0.503 e. The number of hydrogen-bond donors (Lipinski definition) is 1. The number of aromatic hydroxyl groups is 1. The molecule has 2 aromatic carbocycles. The Morgan fingerprint density at radius 3 is 2.48 bits per heavy atom. The van der Waals surface area contributed by atoms with Gasteiger partial charge in [-0.05, 0) is 28.7 Å². The maximum absolute atomic E-state index is 13.3. The summed E-state index contributed by atoms with van der Waals surface area (Å²) in [6.07, 6.45) is 1.62. The molecule has 0 bridgehead atoms. The Kier molecular flexibility index (Phi) is 4.89. The fraction of sp³-hybridized carbons (Fsp3) is 0.280. The molecule has 3 aromatic rings. The first kappa shape index (κ1) is 19.9. The third-order valence-corrected chi connectivity index (χ3v) is 7.47. The second-order valence-electron chi connectivity index (χ2n) is 8.49. The highest BCUT2D eigenvalue weighted by Crippen LogP contribution is 2.43. The summed E-state index contributed by atoms with van der Waals surface area (Å²) in [6, 6.07) is 17.9. The van der Waals surface area contributed by atoms with Gasteiger partial charge in [0.1, 0.15) is 0 Å². The van der Waals surface area contributed by atoms with Gasteiger partial charge in [0.15, 0.2) is 17.2 Å². The van der Waals surface area contributed by atoms with Crippen LogP contribution < -0.4 is 10.4 Å². The minimum absolute atomic E-state index is 0.0732. The summed E-state index contributed by atoms with van der Waals surface area (Å²) < 4.78 is 1.70. The van der Waals surface area contributed by atoms with E-state index in [9.17, 15) is 14.7 Å². The summed E-state index contributed by atoms with van der Waals surface area (Å²) in [5.74, 6) is -0.0164. The van der Waals surface area contributed by atoms with Crippen LogP contribution in [0.15, 0.2) is 70.5 Å². The Bertz CT molecular complexity index is 1190. The van der Waals surface area contributed by atoms with Crippen LogP contribution in [0, 0.1) is 11.8 Å². The van der Waals surface area contributed by atoms with Gasteiger partial charge in [0.05, 0.1) is 6.04 Å². The molecule has 0 saturated heterocycles. The molecule has 2 aliphatic rings. The predicted molar refractivity (Wildman–Crippen MR) is 122 cm³/mol. The first-order chi connectivity index (χ1) is 15.0. The fourth-order valence-electron chi connectivity index (χ4n) is 4.67. The third kappa shape index (κ3) is 3.17. The number of pyridine rings is 1. The SMILES string of the molecule is CC(C)C1CN(C2c3ccccc3CSc3ccccc32)n2ccc(=O)c(O)c2C1=O. The van der Waals surface area contributed by atoms with Gasteiger partial charge in [-0.1, -0.05) is 56.3 Å². The standard InChI is InChI=1S/C25H24N2O3S/c1-15(2)19-13-27(26-12-11-20(28)25(30)23(26)24(19)29)22-17-8-4-3-7-16(17)14-31-21-10-6-5-9-18(21)22/h3-12,15,19,22,30H,13-14H2,1-2H3. The molecule has 2 atom stereocenters. The van der Waals surface area contributed by atoms with Gasteiger partial charge in [0.2, 0.25) is 5.43 Å². The number of thioether (sulfide) groups is 1. The van der Waals surface area contributed by atoms with Gasteiger partial charge < -0.3 is 5.11 Å². The number of carbonyl (C=O) groups is 1.